The largest absolute Gasteiger partial charge is 0.508 e. The highest BCUT2D eigenvalue weighted by Gasteiger charge is 2.09. The quantitative estimate of drug-likeness (QED) is 0.740. The number of nitrogens with zero attached hydrogens (tertiary/aromatic N) is 2. The lowest BCUT2D eigenvalue weighted by molar-refractivity contribution is 0.112. The second kappa shape index (κ2) is 3.69. The maximum absolute atomic E-state index is 10.9. The number of rotatable bonds is 2. The van der Waals surface area contributed by atoms with Crippen LogP contribution in [0.15, 0.2) is 24.3 Å². The van der Waals surface area contributed by atoms with Gasteiger partial charge in [-0.05, 0) is 18.2 Å². The Morgan fingerprint density at radius 1 is 1.44 bits per heavy atom. The zero-order valence-electron chi connectivity index (χ0n) is 8.71. The van der Waals surface area contributed by atoms with Crippen molar-refractivity contribution in [3.05, 3.63) is 29.8 Å². The minimum atomic E-state index is 0.0507. The molecular weight excluding hydrogens is 206 g/mol. The molecule has 2 aromatic rings. The molecule has 3 N–H and O–H groups in total. The van der Waals surface area contributed by atoms with Crippen LogP contribution in [0.25, 0.3) is 11.3 Å². The fraction of sp³-hybridized carbons (Fsp3) is 0.0909. The summed E-state index contributed by atoms with van der Waals surface area (Å²) in [6.07, 6.45) is 0.680. The van der Waals surface area contributed by atoms with Crippen LogP contribution in [0.3, 0.4) is 0 Å². The lowest BCUT2D eigenvalue weighted by Gasteiger charge is -2.01. The average molecular weight is 217 g/mol. The molecule has 1 heterocycles. The van der Waals surface area contributed by atoms with Crippen molar-refractivity contribution in [1.82, 2.24) is 9.78 Å². The van der Waals surface area contributed by atoms with Crippen molar-refractivity contribution in [2.75, 3.05) is 5.73 Å². The average Bonchev–Trinajstić information content (AvgIpc) is 2.59. The first kappa shape index (κ1) is 10.2. The normalized spacial score (nSPS) is 10.3. The molecule has 0 radical (unpaired) electrons. The number of carbonyl (C=O) groups excluding carboxylic acids is 1. The second-order valence-electron chi connectivity index (χ2n) is 3.47. The standard InChI is InChI=1S/C11H11N3O2/c1-14-11(12)5-10(13-14)9-3-2-8(16)4-7(9)6-15/h2-6,16H,12H2,1H3. The van der Waals surface area contributed by atoms with E-state index in [-0.39, 0.29) is 5.75 Å². The van der Waals surface area contributed by atoms with Crippen LogP contribution < -0.4 is 5.73 Å². The van der Waals surface area contributed by atoms with Crippen molar-refractivity contribution >= 4 is 12.1 Å². The van der Waals surface area contributed by atoms with Gasteiger partial charge in [-0.1, -0.05) is 0 Å². The van der Waals surface area contributed by atoms with Crippen molar-refractivity contribution in [3.63, 3.8) is 0 Å². The van der Waals surface area contributed by atoms with E-state index in [0.717, 1.165) is 0 Å². The van der Waals surface area contributed by atoms with Gasteiger partial charge >= 0.3 is 0 Å². The molecule has 0 amide bonds. The number of nitrogens with two attached hydrogens (primary N) is 1. The first-order valence-electron chi connectivity index (χ1n) is 4.70. The third-order valence-corrected chi connectivity index (χ3v) is 2.35. The van der Waals surface area contributed by atoms with Gasteiger partial charge in [0.05, 0.1) is 5.69 Å². The van der Waals surface area contributed by atoms with Crippen LogP contribution in [-0.4, -0.2) is 21.2 Å². The number of aldehydes is 1. The van der Waals surface area contributed by atoms with Gasteiger partial charge in [-0.25, -0.2) is 0 Å². The lowest BCUT2D eigenvalue weighted by Crippen LogP contribution is -1.96. The van der Waals surface area contributed by atoms with E-state index in [9.17, 15) is 9.90 Å². The van der Waals surface area contributed by atoms with E-state index in [1.165, 1.54) is 16.8 Å². The molecule has 0 fully saturated rings. The van der Waals surface area contributed by atoms with Crippen LogP contribution in [0.1, 0.15) is 10.4 Å². The SMILES string of the molecule is Cn1nc(-c2ccc(O)cc2C=O)cc1N. The number of aromatic nitrogens is 2. The van der Waals surface area contributed by atoms with Gasteiger partial charge in [0, 0.05) is 24.2 Å². The first-order chi connectivity index (χ1) is 7.61. The molecule has 0 saturated carbocycles. The minimum Gasteiger partial charge on any atom is -0.508 e. The Morgan fingerprint density at radius 3 is 2.75 bits per heavy atom. The molecular formula is C11H11N3O2. The molecule has 0 bridgehead atoms. The Bertz CT molecular complexity index is 527. The fourth-order valence-corrected chi connectivity index (χ4v) is 1.49. The molecule has 0 aliphatic rings. The van der Waals surface area contributed by atoms with E-state index in [1.54, 1.807) is 19.2 Å². The van der Waals surface area contributed by atoms with Crippen molar-refractivity contribution < 1.29 is 9.90 Å². The molecule has 0 saturated heterocycles. The van der Waals surface area contributed by atoms with E-state index in [0.29, 0.717) is 28.9 Å². The summed E-state index contributed by atoms with van der Waals surface area (Å²) in [4.78, 5) is 10.9. The molecule has 0 aliphatic heterocycles. The first-order valence-corrected chi connectivity index (χ1v) is 4.70. The minimum absolute atomic E-state index is 0.0507. The molecule has 0 unspecified atom stereocenters. The topological polar surface area (TPSA) is 81.1 Å². The van der Waals surface area contributed by atoms with Crippen molar-refractivity contribution in [1.29, 1.82) is 0 Å². The van der Waals surface area contributed by atoms with E-state index in [2.05, 4.69) is 5.10 Å². The predicted octanol–water partition coefficient (Wildman–Crippen LogP) is 1.19. The Morgan fingerprint density at radius 2 is 2.19 bits per heavy atom. The molecule has 1 aromatic carbocycles. The summed E-state index contributed by atoms with van der Waals surface area (Å²) in [5.74, 6) is 0.565. The van der Waals surface area contributed by atoms with Gasteiger partial charge in [0.2, 0.25) is 0 Å². The molecule has 2 rings (SSSR count). The molecule has 5 nitrogen and oxygen atoms in total. The fourth-order valence-electron chi connectivity index (χ4n) is 1.49. The maximum atomic E-state index is 10.9. The number of carbonyl (C=O) groups is 1. The summed E-state index contributed by atoms with van der Waals surface area (Å²) >= 11 is 0. The van der Waals surface area contributed by atoms with Crippen molar-refractivity contribution in [2.45, 2.75) is 0 Å². The van der Waals surface area contributed by atoms with Crippen LogP contribution in [0.4, 0.5) is 5.82 Å². The summed E-state index contributed by atoms with van der Waals surface area (Å²) < 4.78 is 1.52. The number of phenols is 1. The van der Waals surface area contributed by atoms with Crippen LogP contribution in [0.2, 0.25) is 0 Å². The zero-order chi connectivity index (χ0) is 11.7. The van der Waals surface area contributed by atoms with Gasteiger partial charge in [0.1, 0.15) is 11.6 Å². The number of benzene rings is 1. The Labute approximate surface area is 92.1 Å². The molecule has 82 valence electrons. The summed E-state index contributed by atoms with van der Waals surface area (Å²) in [7, 11) is 1.72. The summed E-state index contributed by atoms with van der Waals surface area (Å²) in [5.41, 5.74) is 7.32. The monoisotopic (exact) mass is 217 g/mol. The number of phenolic OH excluding ortho intramolecular Hbond substituents is 1. The molecule has 5 heteroatoms. The summed E-state index contributed by atoms with van der Waals surface area (Å²) in [6, 6.07) is 6.22. The molecule has 0 spiro atoms. The third kappa shape index (κ3) is 1.63. The van der Waals surface area contributed by atoms with Gasteiger partial charge in [-0.3, -0.25) is 9.48 Å². The van der Waals surface area contributed by atoms with E-state index >= 15 is 0 Å². The Hall–Kier alpha value is -2.30. The highest BCUT2D eigenvalue weighted by atomic mass is 16.3. The van der Waals surface area contributed by atoms with Gasteiger partial charge in [0.25, 0.3) is 0 Å². The highest BCUT2D eigenvalue weighted by molar-refractivity contribution is 5.87. The maximum Gasteiger partial charge on any atom is 0.150 e. The number of nitrogen functional groups attached to an aromatic ring is 1. The summed E-state index contributed by atoms with van der Waals surface area (Å²) in [6.45, 7) is 0. The smallest absolute Gasteiger partial charge is 0.150 e. The zero-order valence-corrected chi connectivity index (χ0v) is 8.71. The number of aromatic hydroxyl groups is 1. The third-order valence-electron chi connectivity index (χ3n) is 2.35. The molecule has 0 atom stereocenters. The van der Waals surface area contributed by atoms with Crippen LogP contribution in [0, 0.1) is 0 Å². The molecule has 1 aromatic heterocycles. The highest BCUT2D eigenvalue weighted by Crippen LogP contribution is 2.25. The van der Waals surface area contributed by atoms with Crippen LogP contribution in [0.5, 0.6) is 5.75 Å². The Kier molecular flexibility index (Phi) is 2.36. The number of hydrogen-bond acceptors (Lipinski definition) is 4. The lowest BCUT2D eigenvalue weighted by atomic mass is 10.1. The van der Waals surface area contributed by atoms with Gasteiger partial charge in [-0.2, -0.15) is 5.10 Å². The van der Waals surface area contributed by atoms with Crippen LogP contribution in [-0.2, 0) is 7.05 Å². The van der Waals surface area contributed by atoms with E-state index < -0.39 is 0 Å². The van der Waals surface area contributed by atoms with Gasteiger partial charge < -0.3 is 10.8 Å². The van der Waals surface area contributed by atoms with Crippen molar-refractivity contribution in [2.24, 2.45) is 7.05 Å². The van der Waals surface area contributed by atoms with Crippen LogP contribution >= 0.6 is 0 Å². The van der Waals surface area contributed by atoms with Gasteiger partial charge in [-0.15, -0.1) is 0 Å². The number of anilines is 1. The van der Waals surface area contributed by atoms with Gasteiger partial charge in [0.15, 0.2) is 6.29 Å². The number of hydrogen-bond donors (Lipinski definition) is 2. The predicted molar refractivity (Wildman–Crippen MR) is 60.1 cm³/mol. The summed E-state index contributed by atoms with van der Waals surface area (Å²) in [5, 5.41) is 13.4. The molecule has 16 heavy (non-hydrogen) atoms. The number of aryl methyl sites for hydroxylation is 1. The van der Waals surface area contributed by atoms with E-state index in [4.69, 9.17) is 5.73 Å². The Balaban J connectivity index is 2.59. The molecule has 0 aliphatic carbocycles. The van der Waals surface area contributed by atoms with Crippen molar-refractivity contribution in [3.8, 4) is 17.0 Å². The van der Waals surface area contributed by atoms with E-state index in [1.807, 2.05) is 0 Å². The second-order valence-corrected chi connectivity index (χ2v) is 3.47.